The van der Waals surface area contributed by atoms with Crippen LogP contribution in [-0.4, -0.2) is 46.7 Å². The van der Waals surface area contributed by atoms with E-state index in [-0.39, 0.29) is 23.3 Å². The summed E-state index contributed by atoms with van der Waals surface area (Å²) in [5, 5.41) is 10.2. The molecule has 0 radical (unpaired) electrons. The molecule has 8 nitrogen and oxygen atoms in total. The molecule has 1 aliphatic heterocycles. The van der Waals surface area contributed by atoms with E-state index in [0.717, 1.165) is 22.0 Å². The number of esters is 1. The van der Waals surface area contributed by atoms with Crippen molar-refractivity contribution in [1.29, 1.82) is 5.26 Å². The van der Waals surface area contributed by atoms with E-state index < -0.39 is 5.97 Å². The lowest BCUT2D eigenvalue weighted by Gasteiger charge is -2.19. The Bertz CT molecular complexity index is 1670. The summed E-state index contributed by atoms with van der Waals surface area (Å²) in [6.07, 6.45) is 3.74. The van der Waals surface area contributed by atoms with E-state index in [0.29, 0.717) is 30.2 Å². The van der Waals surface area contributed by atoms with Gasteiger partial charge in [0, 0.05) is 29.2 Å². The minimum atomic E-state index is -0.516. The van der Waals surface area contributed by atoms with Gasteiger partial charge in [0.05, 0.1) is 31.0 Å². The maximum Gasteiger partial charge on any atom is 0.325 e. The van der Waals surface area contributed by atoms with Gasteiger partial charge in [-0.05, 0) is 73.2 Å². The van der Waals surface area contributed by atoms with Gasteiger partial charge < -0.3 is 18.9 Å². The number of nitriles is 1. The van der Waals surface area contributed by atoms with Gasteiger partial charge in [-0.25, -0.2) is 0 Å². The van der Waals surface area contributed by atoms with Gasteiger partial charge in [-0.15, -0.1) is 0 Å². The standard InChI is InChI=1S/C31H26N4O4S/c1-3-39-25-14-12-24(13-15-25)35-30(37)28(34(31(35)40)20-29(36)38-2)16-23-19-33(27-7-5-4-6-26(23)27)18-22-10-8-21(17-32)9-11-22/h4-16,19H,3,18,20H2,1-2H3/b28-16-. The predicted molar refractivity (Wildman–Crippen MR) is 157 cm³/mol. The van der Waals surface area contributed by atoms with Gasteiger partial charge in [0.15, 0.2) is 5.11 Å². The average Bonchev–Trinajstić information content (AvgIpc) is 3.43. The van der Waals surface area contributed by atoms with Crippen molar-refractivity contribution < 1.29 is 19.1 Å². The van der Waals surface area contributed by atoms with Gasteiger partial charge in [0.25, 0.3) is 5.91 Å². The molecule has 0 atom stereocenters. The normalized spacial score (nSPS) is 14.2. The number of hydrogen-bond donors (Lipinski definition) is 0. The van der Waals surface area contributed by atoms with Gasteiger partial charge >= 0.3 is 5.97 Å². The number of thiocarbonyl (C=S) groups is 1. The number of carbonyl (C=O) groups excluding carboxylic acids is 2. The SMILES string of the molecule is CCOc1ccc(N2C(=O)/C(=C/c3cn(Cc4ccc(C#N)cc4)c4ccccc34)N(CC(=O)OC)C2=S)cc1. The lowest BCUT2D eigenvalue weighted by molar-refractivity contribution is -0.140. The quantitative estimate of drug-likeness (QED) is 0.171. The van der Waals surface area contributed by atoms with Crippen molar-refractivity contribution in [3.63, 3.8) is 0 Å². The highest BCUT2D eigenvalue weighted by atomic mass is 32.1. The molecule has 9 heteroatoms. The number of amides is 1. The van der Waals surface area contributed by atoms with Crippen LogP contribution in [0.1, 0.15) is 23.6 Å². The molecule has 5 rings (SSSR count). The highest BCUT2D eigenvalue weighted by molar-refractivity contribution is 7.80. The first-order valence-electron chi connectivity index (χ1n) is 12.7. The van der Waals surface area contributed by atoms with Gasteiger partial charge in [-0.2, -0.15) is 5.26 Å². The molecule has 40 heavy (non-hydrogen) atoms. The van der Waals surface area contributed by atoms with Crippen LogP contribution in [0.2, 0.25) is 0 Å². The first-order valence-corrected chi connectivity index (χ1v) is 13.1. The molecule has 1 aliphatic rings. The van der Waals surface area contributed by atoms with Crippen LogP contribution >= 0.6 is 12.2 Å². The molecule has 1 saturated heterocycles. The fourth-order valence-electron chi connectivity index (χ4n) is 4.66. The number of rotatable bonds is 8. The Kier molecular flexibility index (Phi) is 7.62. The summed E-state index contributed by atoms with van der Waals surface area (Å²) in [5.41, 5.74) is 4.26. The topological polar surface area (TPSA) is 87.8 Å². The van der Waals surface area contributed by atoms with Crippen LogP contribution in [0.15, 0.2) is 84.7 Å². The largest absolute Gasteiger partial charge is 0.494 e. The lowest BCUT2D eigenvalue weighted by Crippen LogP contribution is -2.35. The number of para-hydroxylation sites is 1. The van der Waals surface area contributed by atoms with Gasteiger partial charge in [0.1, 0.15) is 18.0 Å². The molecule has 0 aliphatic carbocycles. The molecular weight excluding hydrogens is 524 g/mol. The summed E-state index contributed by atoms with van der Waals surface area (Å²) in [6, 6.07) is 24.6. The molecule has 0 bridgehead atoms. The van der Waals surface area contributed by atoms with Crippen LogP contribution in [-0.2, 0) is 20.9 Å². The average molecular weight is 551 g/mol. The second-order valence-corrected chi connectivity index (χ2v) is 9.45. The van der Waals surface area contributed by atoms with Gasteiger partial charge in [-0.1, -0.05) is 30.3 Å². The van der Waals surface area contributed by atoms with E-state index in [1.165, 1.54) is 16.9 Å². The van der Waals surface area contributed by atoms with Crippen molar-refractivity contribution in [2.75, 3.05) is 25.2 Å². The number of benzene rings is 3. The van der Waals surface area contributed by atoms with E-state index in [9.17, 15) is 9.59 Å². The summed E-state index contributed by atoms with van der Waals surface area (Å²) < 4.78 is 12.5. The van der Waals surface area contributed by atoms with Crippen molar-refractivity contribution in [1.82, 2.24) is 9.47 Å². The second kappa shape index (κ2) is 11.4. The first-order chi connectivity index (χ1) is 19.4. The van der Waals surface area contributed by atoms with E-state index >= 15 is 0 Å². The smallest absolute Gasteiger partial charge is 0.325 e. The van der Waals surface area contributed by atoms with E-state index in [2.05, 4.69) is 10.6 Å². The van der Waals surface area contributed by atoms with Crippen LogP contribution in [0.25, 0.3) is 17.0 Å². The van der Waals surface area contributed by atoms with E-state index in [1.807, 2.05) is 49.5 Å². The molecule has 1 aromatic heterocycles. The van der Waals surface area contributed by atoms with Crippen molar-refractivity contribution in [3.05, 3.63) is 101 Å². The molecule has 4 aromatic rings. The van der Waals surface area contributed by atoms with Crippen LogP contribution in [0.4, 0.5) is 5.69 Å². The third kappa shape index (κ3) is 5.17. The summed E-state index contributed by atoms with van der Waals surface area (Å²) in [4.78, 5) is 29.1. The number of ether oxygens (including phenoxy) is 2. The zero-order valence-electron chi connectivity index (χ0n) is 22.0. The molecule has 1 fully saturated rings. The van der Waals surface area contributed by atoms with Crippen LogP contribution < -0.4 is 9.64 Å². The first kappa shape index (κ1) is 26.7. The summed E-state index contributed by atoms with van der Waals surface area (Å²) >= 11 is 5.70. The van der Waals surface area contributed by atoms with E-state index in [1.54, 1.807) is 42.5 Å². The number of anilines is 1. The molecule has 0 saturated carbocycles. The Labute approximate surface area is 237 Å². The zero-order valence-corrected chi connectivity index (χ0v) is 22.9. The monoisotopic (exact) mass is 550 g/mol. The fourth-order valence-corrected chi connectivity index (χ4v) is 5.01. The molecule has 200 valence electrons. The van der Waals surface area contributed by atoms with Crippen molar-refractivity contribution in [2.24, 2.45) is 0 Å². The van der Waals surface area contributed by atoms with Crippen molar-refractivity contribution in [3.8, 4) is 11.8 Å². The Hall–Kier alpha value is -4.94. The number of hydrogen-bond acceptors (Lipinski definition) is 6. The maximum absolute atomic E-state index is 13.8. The molecule has 0 unspecified atom stereocenters. The number of aromatic nitrogens is 1. The highest BCUT2D eigenvalue weighted by Crippen LogP contribution is 2.32. The highest BCUT2D eigenvalue weighted by Gasteiger charge is 2.40. The third-order valence-electron chi connectivity index (χ3n) is 6.60. The number of carbonyl (C=O) groups is 2. The van der Waals surface area contributed by atoms with Crippen molar-refractivity contribution >= 4 is 51.9 Å². The van der Waals surface area contributed by atoms with Crippen LogP contribution in [0.3, 0.4) is 0 Å². The Balaban J connectivity index is 1.55. The molecule has 1 amide bonds. The number of nitrogens with zero attached hydrogens (tertiary/aromatic N) is 4. The molecule has 0 N–H and O–H groups in total. The third-order valence-corrected chi connectivity index (χ3v) is 7.01. The summed E-state index contributed by atoms with van der Waals surface area (Å²) in [7, 11) is 1.30. The lowest BCUT2D eigenvalue weighted by atomic mass is 10.1. The number of methoxy groups -OCH3 is 1. The Morgan fingerprint density at radius 3 is 2.45 bits per heavy atom. The Morgan fingerprint density at radius 1 is 1.05 bits per heavy atom. The summed E-state index contributed by atoms with van der Waals surface area (Å²) in [5.74, 6) is -0.180. The predicted octanol–water partition coefficient (Wildman–Crippen LogP) is 5.11. The fraction of sp³-hybridized carbons (Fsp3) is 0.161. The molecule has 3 aromatic carbocycles. The molecule has 0 spiro atoms. The van der Waals surface area contributed by atoms with Gasteiger partial charge in [-0.3, -0.25) is 14.5 Å². The minimum Gasteiger partial charge on any atom is -0.494 e. The van der Waals surface area contributed by atoms with Crippen LogP contribution in [0.5, 0.6) is 5.75 Å². The molecular formula is C31H26N4O4S. The van der Waals surface area contributed by atoms with Crippen LogP contribution in [0, 0.1) is 11.3 Å². The zero-order chi connectivity index (χ0) is 28.2. The number of fused-ring (bicyclic) bond motifs is 1. The molecule has 2 heterocycles. The summed E-state index contributed by atoms with van der Waals surface area (Å²) in [6.45, 7) is 2.80. The van der Waals surface area contributed by atoms with Crippen molar-refractivity contribution in [2.45, 2.75) is 13.5 Å². The van der Waals surface area contributed by atoms with Gasteiger partial charge in [0.2, 0.25) is 0 Å². The Morgan fingerprint density at radius 2 is 1.77 bits per heavy atom. The van der Waals surface area contributed by atoms with E-state index in [4.69, 9.17) is 27.0 Å². The second-order valence-electron chi connectivity index (χ2n) is 9.08. The maximum atomic E-state index is 13.8. The minimum absolute atomic E-state index is 0.187.